The van der Waals surface area contributed by atoms with E-state index in [0.29, 0.717) is 0 Å². The maximum Gasteiger partial charge on any atom is 0.233 e. The van der Waals surface area contributed by atoms with Crippen LogP contribution in [0.1, 0.15) is 17.4 Å². The van der Waals surface area contributed by atoms with E-state index in [9.17, 15) is 8.42 Å². The number of rotatable bonds is 7. The van der Waals surface area contributed by atoms with Crippen molar-refractivity contribution in [1.29, 1.82) is 0 Å². The standard InChI is InChI=1S/C16H20N2O3S/c1-18(2)15(16-9-6-11-21-16)13-17-22(19,20)12-10-14-7-4-3-5-8-14/h3-12,15,17H,13H2,1-2H3/b12-10-/t15-/m0/s1. The predicted molar refractivity (Wildman–Crippen MR) is 87.5 cm³/mol. The Morgan fingerprint density at radius 2 is 1.91 bits per heavy atom. The summed E-state index contributed by atoms with van der Waals surface area (Å²) in [4.78, 5) is 1.91. The first-order valence-electron chi connectivity index (χ1n) is 6.90. The van der Waals surface area contributed by atoms with Gasteiger partial charge in [-0.15, -0.1) is 0 Å². The minimum absolute atomic E-state index is 0.157. The molecular weight excluding hydrogens is 300 g/mol. The molecule has 0 spiro atoms. The maximum atomic E-state index is 12.1. The Hall–Kier alpha value is -1.89. The summed E-state index contributed by atoms with van der Waals surface area (Å²) >= 11 is 0. The molecule has 0 aliphatic heterocycles. The lowest BCUT2D eigenvalue weighted by molar-refractivity contribution is 0.259. The normalized spacial score (nSPS) is 13.8. The molecule has 1 atom stereocenters. The van der Waals surface area contributed by atoms with E-state index in [0.717, 1.165) is 11.3 Å². The van der Waals surface area contributed by atoms with Gasteiger partial charge in [-0.2, -0.15) is 0 Å². The minimum atomic E-state index is -3.50. The number of furan rings is 1. The van der Waals surface area contributed by atoms with Gasteiger partial charge in [-0.3, -0.25) is 4.90 Å². The molecule has 0 saturated carbocycles. The quantitative estimate of drug-likeness (QED) is 0.851. The third kappa shape index (κ3) is 4.84. The molecule has 1 heterocycles. The zero-order valence-corrected chi connectivity index (χ0v) is 13.5. The summed E-state index contributed by atoms with van der Waals surface area (Å²) in [5, 5.41) is 1.18. The average Bonchev–Trinajstić information content (AvgIpc) is 3.00. The van der Waals surface area contributed by atoms with Crippen molar-refractivity contribution in [3.8, 4) is 0 Å². The van der Waals surface area contributed by atoms with Crippen LogP contribution in [0.3, 0.4) is 0 Å². The molecule has 2 rings (SSSR count). The van der Waals surface area contributed by atoms with Crippen molar-refractivity contribution in [2.75, 3.05) is 20.6 Å². The first-order valence-corrected chi connectivity index (χ1v) is 8.45. The van der Waals surface area contributed by atoms with Crippen molar-refractivity contribution in [3.63, 3.8) is 0 Å². The van der Waals surface area contributed by atoms with Gasteiger partial charge in [-0.05, 0) is 37.9 Å². The van der Waals surface area contributed by atoms with E-state index in [4.69, 9.17) is 4.42 Å². The molecule has 1 aromatic heterocycles. The van der Waals surface area contributed by atoms with E-state index < -0.39 is 10.0 Å². The van der Waals surface area contributed by atoms with E-state index in [1.807, 2.05) is 55.4 Å². The molecule has 6 heteroatoms. The van der Waals surface area contributed by atoms with Gasteiger partial charge >= 0.3 is 0 Å². The molecule has 0 bridgehead atoms. The van der Waals surface area contributed by atoms with Crippen LogP contribution in [0.25, 0.3) is 6.08 Å². The summed E-state index contributed by atoms with van der Waals surface area (Å²) in [6.07, 6.45) is 3.15. The van der Waals surface area contributed by atoms with Gasteiger partial charge in [0.1, 0.15) is 5.76 Å². The Labute approximate surface area is 131 Å². The Kier molecular flexibility index (Phi) is 5.54. The lowest BCUT2D eigenvalue weighted by atomic mass is 10.2. The van der Waals surface area contributed by atoms with Gasteiger partial charge in [0.15, 0.2) is 0 Å². The molecule has 0 radical (unpaired) electrons. The molecule has 0 saturated heterocycles. The zero-order chi connectivity index (χ0) is 16.0. The molecular formula is C16H20N2O3S. The van der Waals surface area contributed by atoms with Crippen molar-refractivity contribution in [3.05, 3.63) is 65.5 Å². The molecule has 5 nitrogen and oxygen atoms in total. The zero-order valence-electron chi connectivity index (χ0n) is 12.6. The Balaban J connectivity index is 2.01. The van der Waals surface area contributed by atoms with Crippen LogP contribution < -0.4 is 4.72 Å². The maximum absolute atomic E-state index is 12.1. The summed E-state index contributed by atoms with van der Waals surface area (Å²) in [6.45, 7) is 0.238. The molecule has 0 aliphatic carbocycles. The number of hydrogen-bond acceptors (Lipinski definition) is 4. The van der Waals surface area contributed by atoms with Crippen molar-refractivity contribution < 1.29 is 12.8 Å². The summed E-state index contributed by atoms with van der Waals surface area (Å²) in [5.41, 5.74) is 0.836. The molecule has 0 unspecified atom stereocenters. The van der Waals surface area contributed by atoms with Gasteiger partial charge in [0.25, 0.3) is 0 Å². The average molecular weight is 320 g/mol. The van der Waals surface area contributed by atoms with Gasteiger partial charge in [0, 0.05) is 12.0 Å². The summed E-state index contributed by atoms with van der Waals surface area (Å²) in [6, 6.07) is 12.8. The number of hydrogen-bond donors (Lipinski definition) is 1. The van der Waals surface area contributed by atoms with Gasteiger partial charge < -0.3 is 4.42 Å². The third-order valence-electron chi connectivity index (χ3n) is 3.21. The highest BCUT2D eigenvalue weighted by Gasteiger charge is 2.19. The van der Waals surface area contributed by atoms with Crippen molar-refractivity contribution in [2.45, 2.75) is 6.04 Å². The van der Waals surface area contributed by atoms with Crippen LogP contribution in [0, 0.1) is 0 Å². The van der Waals surface area contributed by atoms with Crippen LogP contribution in [0.15, 0.2) is 58.6 Å². The SMILES string of the molecule is CN(C)[C@@H](CNS(=O)(=O)/C=C\c1ccccc1)c1ccco1. The summed E-state index contributed by atoms with van der Waals surface area (Å²) in [7, 11) is 0.254. The monoisotopic (exact) mass is 320 g/mol. The fourth-order valence-corrected chi connectivity index (χ4v) is 2.82. The second kappa shape index (κ2) is 7.40. The molecule has 2 aromatic rings. The van der Waals surface area contributed by atoms with E-state index in [1.54, 1.807) is 18.4 Å². The Bertz CT molecular complexity index is 692. The summed E-state index contributed by atoms with van der Waals surface area (Å²) < 4.78 is 32.0. The highest BCUT2D eigenvalue weighted by atomic mass is 32.2. The third-order valence-corrected chi connectivity index (χ3v) is 4.28. The first-order chi connectivity index (χ1) is 10.5. The number of sulfonamides is 1. The van der Waals surface area contributed by atoms with Crippen LogP contribution >= 0.6 is 0 Å². The van der Waals surface area contributed by atoms with Gasteiger partial charge in [-0.25, -0.2) is 13.1 Å². The van der Waals surface area contributed by atoms with Crippen LogP contribution in [0.4, 0.5) is 0 Å². The number of likely N-dealkylation sites (N-methyl/N-ethyl adjacent to an activating group) is 1. The lowest BCUT2D eigenvalue weighted by Gasteiger charge is -2.22. The van der Waals surface area contributed by atoms with E-state index in [2.05, 4.69) is 4.72 Å². The van der Waals surface area contributed by atoms with Crippen LogP contribution in [-0.4, -0.2) is 34.0 Å². The number of nitrogens with zero attached hydrogens (tertiary/aromatic N) is 1. The molecule has 0 aliphatic rings. The smallest absolute Gasteiger partial charge is 0.233 e. The van der Waals surface area contributed by atoms with Gasteiger partial charge in [0.05, 0.1) is 12.3 Å². The molecule has 0 amide bonds. The van der Waals surface area contributed by atoms with E-state index >= 15 is 0 Å². The summed E-state index contributed by atoms with van der Waals surface area (Å²) in [5.74, 6) is 0.722. The fraction of sp³-hybridized carbons (Fsp3) is 0.250. The molecule has 22 heavy (non-hydrogen) atoms. The minimum Gasteiger partial charge on any atom is -0.468 e. The molecule has 0 fully saturated rings. The lowest BCUT2D eigenvalue weighted by Crippen LogP contribution is -2.33. The Morgan fingerprint density at radius 3 is 2.50 bits per heavy atom. The van der Waals surface area contributed by atoms with E-state index in [1.165, 1.54) is 5.41 Å². The molecule has 118 valence electrons. The second-order valence-electron chi connectivity index (χ2n) is 5.10. The largest absolute Gasteiger partial charge is 0.468 e. The van der Waals surface area contributed by atoms with E-state index in [-0.39, 0.29) is 12.6 Å². The highest BCUT2D eigenvalue weighted by Crippen LogP contribution is 2.18. The molecule has 1 aromatic carbocycles. The number of nitrogens with one attached hydrogen (secondary N) is 1. The van der Waals surface area contributed by atoms with Crippen molar-refractivity contribution in [2.24, 2.45) is 0 Å². The first kappa shape index (κ1) is 16.5. The van der Waals surface area contributed by atoms with Crippen molar-refractivity contribution >= 4 is 16.1 Å². The Morgan fingerprint density at radius 1 is 1.18 bits per heavy atom. The van der Waals surface area contributed by atoms with Crippen LogP contribution in [0.5, 0.6) is 0 Å². The predicted octanol–water partition coefficient (Wildman–Crippen LogP) is 2.47. The fourth-order valence-electron chi connectivity index (χ4n) is 1.99. The van der Waals surface area contributed by atoms with Gasteiger partial charge in [0.2, 0.25) is 10.0 Å². The van der Waals surface area contributed by atoms with Crippen LogP contribution in [0.2, 0.25) is 0 Å². The number of benzene rings is 1. The van der Waals surface area contributed by atoms with Crippen molar-refractivity contribution in [1.82, 2.24) is 9.62 Å². The van der Waals surface area contributed by atoms with Crippen LogP contribution in [-0.2, 0) is 10.0 Å². The highest BCUT2D eigenvalue weighted by molar-refractivity contribution is 7.92. The van der Waals surface area contributed by atoms with Gasteiger partial charge in [-0.1, -0.05) is 30.3 Å². The molecule has 1 N–H and O–H groups in total. The topological polar surface area (TPSA) is 62.6 Å². The second-order valence-corrected chi connectivity index (χ2v) is 6.75.